The average molecular weight is 1210 g/mol. The van der Waals surface area contributed by atoms with Crippen molar-refractivity contribution in [1.29, 1.82) is 0 Å². The normalized spacial score (nSPS) is 11.3. The van der Waals surface area contributed by atoms with Gasteiger partial charge in [0.25, 0.3) is 0 Å². The molecule has 0 saturated carbocycles. The van der Waals surface area contributed by atoms with Crippen LogP contribution in [0.5, 0.6) is 23.0 Å². The van der Waals surface area contributed by atoms with Crippen molar-refractivity contribution in [3.05, 3.63) is 283 Å². The van der Waals surface area contributed by atoms with Crippen LogP contribution in [0.1, 0.15) is 89.0 Å². The quantitative estimate of drug-likeness (QED) is 0.0229. The van der Waals surface area contributed by atoms with E-state index in [9.17, 15) is 61.3 Å². The first kappa shape index (κ1) is 63.7. The molecule has 10 rings (SSSR count). The van der Waals surface area contributed by atoms with Crippen LogP contribution in [0.3, 0.4) is 0 Å². The Morgan fingerprint density at radius 1 is 0.189 bits per heavy atom. The van der Waals surface area contributed by atoms with E-state index < -0.39 is 0 Å². The highest BCUT2D eigenvalue weighted by Crippen LogP contribution is 2.40. The Labute approximate surface area is 524 Å². The Kier molecular flexibility index (Phi) is 21.1. The Balaban J connectivity index is 0.914. The van der Waals surface area contributed by atoms with Crippen molar-refractivity contribution in [2.45, 2.75) is 104 Å². The zero-order valence-corrected chi connectivity index (χ0v) is 50.0. The number of hydrogen-bond acceptors (Lipinski definition) is 14. The van der Waals surface area contributed by atoms with E-state index in [1.165, 1.54) is 0 Å². The van der Waals surface area contributed by atoms with Crippen molar-refractivity contribution < 1.29 is 61.3 Å². The number of phenols is 4. The second-order valence-electron chi connectivity index (χ2n) is 22.7. The highest BCUT2D eigenvalue weighted by Gasteiger charge is 2.19. The second kappa shape index (κ2) is 29.8. The Hall–Kier alpha value is -9.32. The number of hydrogen-bond donors (Lipinski definition) is 12. The summed E-state index contributed by atoms with van der Waals surface area (Å²) in [6.07, 6.45) is 5.30. The van der Waals surface area contributed by atoms with Gasteiger partial charge in [0.05, 0.1) is 52.9 Å². The molecule has 0 aliphatic rings. The number of aliphatic hydroxyl groups is 8. The fraction of sp³-hybridized carbons (Fsp3) is 0.211. The van der Waals surface area contributed by atoms with Gasteiger partial charge in [-0.1, -0.05) is 72.8 Å². The molecule has 0 spiro atoms. The standard InChI is InChI=1S/C76H76N2O12/c79-41-59-33-53(34-60(42-80)73(59)87)5-1-49-9-21-67(22-10-49)77(68-23-11-50(12-24-68)2-6-54-35-61(43-81)74(88)62(36-54)44-82)71-29-17-57(18-30-71)58-19-31-72(32-20-58)78(69-25-13-51(14-26-69)3-7-55-37-63(45-83)75(89)64(38-55)46-84)70-27-15-52(16-28-70)4-8-56-39-65(47-85)76(90)66(40-56)48-86/h9-40,79-90H,1-8,41-48H2. The molecule has 14 nitrogen and oxygen atoms in total. The zero-order valence-electron chi connectivity index (χ0n) is 50.0. The first-order valence-corrected chi connectivity index (χ1v) is 30.2. The molecule has 90 heavy (non-hydrogen) atoms. The highest BCUT2D eigenvalue weighted by atomic mass is 16.3. The van der Waals surface area contributed by atoms with Crippen molar-refractivity contribution in [2.75, 3.05) is 9.80 Å². The van der Waals surface area contributed by atoms with Crippen molar-refractivity contribution in [1.82, 2.24) is 0 Å². The van der Waals surface area contributed by atoms with Gasteiger partial charge in [0.15, 0.2) is 0 Å². The van der Waals surface area contributed by atoms with E-state index in [-0.39, 0.29) is 75.9 Å². The van der Waals surface area contributed by atoms with Gasteiger partial charge in [0, 0.05) is 78.6 Å². The van der Waals surface area contributed by atoms with Crippen molar-refractivity contribution in [3.8, 4) is 34.1 Å². The lowest BCUT2D eigenvalue weighted by Crippen LogP contribution is -2.10. The summed E-state index contributed by atoms with van der Waals surface area (Å²) in [6.45, 7) is -2.67. The summed E-state index contributed by atoms with van der Waals surface area (Å²) in [5.74, 6) is -0.337. The lowest BCUT2D eigenvalue weighted by Gasteiger charge is -2.27. The molecule has 0 amide bonds. The fourth-order valence-corrected chi connectivity index (χ4v) is 11.8. The Bertz CT molecular complexity index is 3440. The van der Waals surface area contributed by atoms with Crippen molar-refractivity contribution >= 4 is 34.1 Å². The Morgan fingerprint density at radius 2 is 0.333 bits per heavy atom. The molecule has 10 aromatic rings. The minimum absolute atomic E-state index is 0.0844. The molecule has 0 unspecified atom stereocenters. The predicted molar refractivity (Wildman–Crippen MR) is 351 cm³/mol. The molecular weight excluding hydrogens is 1130 g/mol. The van der Waals surface area contributed by atoms with E-state index in [0.717, 1.165) is 89.8 Å². The van der Waals surface area contributed by atoms with E-state index in [4.69, 9.17) is 0 Å². The first-order valence-electron chi connectivity index (χ1n) is 30.2. The van der Waals surface area contributed by atoms with Crippen LogP contribution in [-0.2, 0) is 104 Å². The van der Waals surface area contributed by atoms with Crippen LogP contribution in [0.25, 0.3) is 11.1 Å². The van der Waals surface area contributed by atoms with Crippen molar-refractivity contribution in [3.63, 3.8) is 0 Å². The molecule has 0 fully saturated rings. The number of anilines is 6. The van der Waals surface area contributed by atoms with Gasteiger partial charge in [-0.25, -0.2) is 0 Å². The molecule has 0 radical (unpaired) electrons. The molecule has 0 aliphatic carbocycles. The highest BCUT2D eigenvalue weighted by molar-refractivity contribution is 5.81. The maximum atomic E-state index is 10.4. The number of rotatable bonds is 27. The summed E-state index contributed by atoms with van der Waals surface area (Å²) in [4.78, 5) is 4.41. The van der Waals surface area contributed by atoms with Crippen LogP contribution >= 0.6 is 0 Å². The van der Waals surface area contributed by atoms with Crippen LogP contribution in [0.15, 0.2) is 194 Å². The molecular formula is C76H76N2O12. The molecule has 10 aromatic carbocycles. The molecule has 0 aromatic heterocycles. The topological polar surface area (TPSA) is 249 Å². The predicted octanol–water partition coefficient (Wildman–Crippen LogP) is 12.2. The third-order valence-corrected chi connectivity index (χ3v) is 16.8. The fourth-order valence-electron chi connectivity index (χ4n) is 11.8. The summed E-state index contributed by atoms with van der Waals surface area (Å²) in [6, 6.07) is 64.7. The SMILES string of the molecule is OCc1cc(CCc2ccc(N(c3ccc(CCc4cc(CO)c(O)c(CO)c4)cc3)c3ccc(-c4ccc(N(c5ccc(CCc6cc(CO)c(O)c(CO)c6)cc5)c5ccc(CCc6cc(CO)c(O)c(CO)c6)cc5)cc4)cc3)cc2)cc(CO)c1O. The third kappa shape index (κ3) is 14.9. The van der Waals surface area contributed by atoms with Gasteiger partial charge in [-0.15, -0.1) is 0 Å². The zero-order chi connectivity index (χ0) is 63.3. The van der Waals surface area contributed by atoms with Crippen LogP contribution in [-0.4, -0.2) is 61.3 Å². The summed E-state index contributed by atoms with van der Waals surface area (Å²) < 4.78 is 0. The lowest BCUT2D eigenvalue weighted by molar-refractivity contribution is 0.263. The van der Waals surface area contributed by atoms with Gasteiger partial charge in [0.2, 0.25) is 0 Å². The third-order valence-electron chi connectivity index (χ3n) is 16.8. The van der Waals surface area contributed by atoms with Gasteiger partial charge in [0.1, 0.15) is 23.0 Å². The van der Waals surface area contributed by atoms with Gasteiger partial charge in [-0.05, 0) is 228 Å². The van der Waals surface area contributed by atoms with E-state index in [1.54, 1.807) is 48.5 Å². The monoisotopic (exact) mass is 1210 g/mol. The molecule has 0 aliphatic heterocycles. The molecule has 0 heterocycles. The van der Waals surface area contributed by atoms with E-state index in [2.05, 4.69) is 155 Å². The van der Waals surface area contributed by atoms with Gasteiger partial charge < -0.3 is 71.1 Å². The van der Waals surface area contributed by atoms with E-state index in [0.29, 0.717) is 95.9 Å². The molecule has 12 N–H and O–H groups in total. The van der Waals surface area contributed by atoms with Gasteiger partial charge in [-0.2, -0.15) is 0 Å². The maximum Gasteiger partial charge on any atom is 0.126 e. The first-order chi connectivity index (χ1) is 43.8. The van der Waals surface area contributed by atoms with Crippen LogP contribution in [0.2, 0.25) is 0 Å². The maximum absolute atomic E-state index is 10.4. The van der Waals surface area contributed by atoms with Crippen LogP contribution in [0, 0.1) is 0 Å². The number of aromatic hydroxyl groups is 4. The van der Waals surface area contributed by atoms with Gasteiger partial charge in [-0.3, -0.25) is 0 Å². The lowest BCUT2D eigenvalue weighted by atomic mass is 9.98. The summed E-state index contributed by atoms with van der Waals surface area (Å²) in [5.41, 5.74) is 18.7. The second-order valence-corrected chi connectivity index (χ2v) is 22.7. The molecule has 0 bridgehead atoms. The van der Waals surface area contributed by atoms with Crippen molar-refractivity contribution in [2.24, 2.45) is 0 Å². The smallest absolute Gasteiger partial charge is 0.126 e. The number of aliphatic hydroxyl groups excluding tert-OH is 8. The van der Waals surface area contributed by atoms with Crippen LogP contribution < -0.4 is 9.80 Å². The summed E-state index contributed by atoms with van der Waals surface area (Å²) >= 11 is 0. The molecule has 0 saturated heterocycles. The summed E-state index contributed by atoms with van der Waals surface area (Å²) in [7, 11) is 0. The Morgan fingerprint density at radius 3 is 0.489 bits per heavy atom. The van der Waals surface area contributed by atoms with E-state index >= 15 is 0 Å². The molecule has 14 heteroatoms. The number of aryl methyl sites for hydroxylation is 8. The van der Waals surface area contributed by atoms with Crippen LogP contribution in [0.4, 0.5) is 34.1 Å². The number of nitrogens with zero attached hydrogens (tertiary/aromatic N) is 2. The average Bonchev–Trinajstić information content (AvgIpc) is 1.47. The minimum atomic E-state index is -0.334. The minimum Gasteiger partial charge on any atom is -0.507 e. The van der Waals surface area contributed by atoms with E-state index in [1.807, 2.05) is 0 Å². The molecule has 462 valence electrons. The largest absolute Gasteiger partial charge is 0.507 e. The summed E-state index contributed by atoms with van der Waals surface area (Å²) in [5, 5.41) is 121. The molecule has 0 atom stereocenters. The number of benzene rings is 10. The van der Waals surface area contributed by atoms with Gasteiger partial charge >= 0.3 is 0 Å².